The lowest BCUT2D eigenvalue weighted by Crippen LogP contribution is -2.57. The summed E-state index contributed by atoms with van der Waals surface area (Å²) >= 11 is 12.1. The van der Waals surface area contributed by atoms with Crippen LogP contribution in [0.5, 0.6) is 0 Å². The number of carbonyl (C=O) groups excluding carboxylic acids is 1. The summed E-state index contributed by atoms with van der Waals surface area (Å²) in [5.41, 5.74) is -4.02. The smallest absolute Gasteiger partial charge is 0.337 e. The van der Waals surface area contributed by atoms with Gasteiger partial charge >= 0.3 is 5.97 Å². The van der Waals surface area contributed by atoms with Gasteiger partial charge in [0.15, 0.2) is 11.4 Å². The van der Waals surface area contributed by atoms with E-state index in [1.165, 1.54) is 0 Å². The molecule has 0 aromatic carbocycles. The van der Waals surface area contributed by atoms with Gasteiger partial charge in [-0.25, -0.2) is 4.79 Å². The van der Waals surface area contributed by atoms with Crippen LogP contribution in [0.1, 0.15) is 53.4 Å². The molecule has 1 rings (SSSR count). The molecule has 24 heavy (non-hydrogen) atoms. The first-order chi connectivity index (χ1) is 10.8. The number of Topliss-reactive ketones (excluding diaryl/α,β-unsaturated/α-hetero) is 1. The first-order valence-corrected chi connectivity index (χ1v) is 8.42. The van der Waals surface area contributed by atoms with E-state index < -0.39 is 50.8 Å². The van der Waals surface area contributed by atoms with Crippen LogP contribution in [0.15, 0.2) is 10.6 Å². The molecular formula is C16H23Cl2NO5. The maximum absolute atomic E-state index is 12.8. The number of carboxylic acids is 1. The van der Waals surface area contributed by atoms with Crippen LogP contribution in [-0.4, -0.2) is 43.9 Å². The molecule has 0 fully saturated rings. The maximum atomic E-state index is 12.8. The van der Waals surface area contributed by atoms with Crippen molar-refractivity contribution in [3.63, 3.8) is 0 Å². The monoisotopic (exact) mass is 379 g/mol. The number of unbranched alkanes of at least 4 members (excludes halogenated alkanes) is 1. The quantitative estimate of drug-likeness (QED) is 0.613. The molecule has 2 unspecified atom stereocenters. The van der Waals surface area contributed by atoms with E-state index in [-0.39, 0.29) is 6.42 Å². The average Bonchev–Trinajstić information content (AvgIpc) is 2.40. The molecule has 0 saturated carbocycles. The fourth-order valence-corrected chi connectivity index (χ4v) is 3.32. The van der Waals surface area contributed by atoms with E-state index in [1.54, 1.807) is 20.8 Å². The molecule has 0 aromatic rings. The maximum Gasteiger partial charge on any atom is 0.337 e. The Labute approximate surface area is 151 Å². The number of alkyl halides is 1. The van der Waals surface area contributed by atoms with Crippen molar-refractivity contribution in [1.82, 2.24) is 0 Å². The van der Waals surface area contributed by atoms with Crippen molar-refractivity contribution in [2.24, 2.45) is 0 Å². The van der Waals surface area contributed by atoms with Crippen molar-refractivity contribution < 1.29 is 24.5 Å². The molecule has 0 aliphatic heterocycles. The standard InChI is InChI=1S/C16H23Cl2NO5/c1-5-6-7-10(20)15(24-14(2,3)4)8-9(19)16(18,23)11(12(15)17)13(21)22/h19,23H,5-8H2,1-4H3,(H,21,22). The van der Waals surface area contributed by atoms with Gasteiger partial charge < -0.3 is 20.4 Å². The van der Waals surface area contributed by atoms with Gasteiger partial charge in [-0.1, -0.05) is 36.5 Å². The molecule has 1 aliphatic carbocycles. The lowest BCUT2D eigenvalue weighted by molar-refractivity contribution is -0.156. The minimum absolute atomic E-state index is 0.115. The fourth-order valence-electron chi connectivity index (χ4n) is 2.60. The van der Waals surface area contributed by atoms with Gasteiger partial charge in [-0.05, 0) is 27.2 Å². The summed E-state index contributed by atoms with van der Waals surface area (Å²) in [7, 11) is 0. The van der Waals surface area contributed by atoms with Crippen LogP contribution in [0, 0.1) is 5.41 Å². The van der Waals surface area contributed by atoms with E-state index in [9.17, 15) is 19.8 Å². The highest BCUT2D eigenvalue weighted by molar-refractivity contribution is 6.44. The Morgan fingerprint density at radius 3 is 2.33 bits per heavy atom. The summed E-state index contributed by atoms with van der Waals surface area (Å²) in [4.78, 5) is 24.4. The molecule has 0 saturated heterocycles. The van der Waals surface area contributed by atoms with Crippen LogP contribution >= 0.6 is 23.2 Å². The number of halogens is 2. The number of ether oxygens (including phenoxy) is 1. The number of ketones is 1. The molecule has 0 heterocycles. The van der Waals surface area contributed by atoms with Gasteiger partial charge in [0.2, 0.25) is 5.06 Å². The van der Waals surface area contributed by atoms with Crippen molar-refractivity contribution in [2.45, 2.75) is 69.6 Å². The van der Waals surface area contributed by atoms with Gasteiger partial charge in [-0.2, -0.15) is 0 Å². The Kier molecular flexibility index (Phi) is 6.26. The Bertz CT molecular complexity index is 592. The van der Waals surface area contributed by atoms with Crippen LogP contribution in [0.3, 0.4) is 0 Å². The largest absolute Gasteiger partial charge is 0.478 e. The number of hydrogen-bond acceptors (Lipinski definition) is 5. The molecule has 8 heteroatoms. The number of rotatable bonds is 6. The lowest BCUT2D eigenvalue weighted by atomic mass is 9.78. The third-order valence-electron chi connectivity index (χ3n) is 3.63. The zero-order chi connectivity index (χ0) is 18.9. The Balaban J connectivity index is 3.62. The minimum atomic E-state index is -2.57. The average molecular weight is 380 g/mol. The van der Waals surface area contributed by atoms with E-state index in [4.69, 9.17) is 33.3 Å². The molecular weight excluding hydrogens is 357 g/mol. The van der Waals surface area contributed by atoms with Crippen LogP contribution < -0.4 is 0 Å². The van der Waals surface area contributed by atoms with E-state index in [2.05, 4.69) is 0 Å². The normalized spacial score (nSPS) is 28.2. The molecule has 2 atom stereocenters. The zero-order valence-corrected chi connectivity index (χ0v) is 15.7. The molecule has 0 spiro atoms. The second kappa shape index (κ2) is 7.12. The van der Waals surface area contributed by atoms with Crippen LogP contribution in [-0.2, 0) is 14.3 Å². The molecule has 136 valence electrons. The highest BCUT2D eigenvalue weighted by Crippen LogP contribution is 2.46. The molecule has 0 aromatic heterocycles. The van der Waals surface area contributed by atoms with E-state index in [0.717, 1.165) is 6.42 Å². The number of carbonyl (C=O) groups is 2. The summed E-state index contributed by atoms with van der Waals surface area (Å²) in [5, 5.41) is 24.5. The van der Waals surface area contributed by atoms with Crippen molar-refractivity contribution >= 4 is 40.7 Å². The Morgan fingerprint density at radius 2 is 1.92 bits per heavy atom. The van der Waals surface area contributed by atoms with Crippen LogP contribution in [0.25, 0.3) is 0 Å². The molecule has 1 aliphatic rings. The van der Waals surface area contributed by atoms with Gasteiger partial charge in [0, 0.05) is 12.8 Å². The lowest BCUT2D eigenvalue weighted by Gasteiger charge is -2.44. The van der Waals surface area contributed by atoms with E-state index in [1.807, 2.05) is 6.92 Å². The molecule has 0 bridgehead atoms. The SMILES string of the molecule is CCCCC(=O)C1(OC(C)(C)C)CC(=N)C(O)(Cl)C(C(=O)O)=C1Cl. The van der Waals surface area contributed by atoms with Crippen LogP contribution in [0.4, 0.5) is 0 Å². The van der Waals surface area contributed by atoms with Crippen molar-refractivity contribution in [3.05, 3.63) is 10.6 Å². The van der Waals surface area contributed by atoms with Gasteiger partial charge in [0.05, 0.1) is 16.3 Å². The highest BCUT2D eigenvalue weighted by Gasteiger charge is 2.57. The number of aliphatic carboxylic acids is 1. The van der Waals surface area contributed by atoms with Gasteiger partial charge in [-0.3, -0.25) is 4.79 Å². The summed E-state index contributed by atoms with van der Waals surface area (Å²) in [6, 6.07) is 0. The topological polar surface area (TPSA) is 108 Å². The molecule has 0 radical (unpaired) electrons. The summed E-state index contributed by atoms with van der Waals surface area (Å²) in [6.45, 7) is 6.98. The highest BCUT2D eigenvalue weighted by atomic mass is 35.5. The summed E-state index contributed by atoms with van der Waals surface area (Å²) in [5.74, 6) is -2.04. The fraction of sp³-hybridized carbons (Fsp3) is 0.688. The third kappa shape index (κ3) is 3.99. The minimum Gasteiger partial charge on any atom is -0.478 e. The van der Waals surface area contributed by atoms with E-state index >= 15 is 0 Å². The molecule has 3 N–H and O–H groups in total. The number of nitrogens with one attached hydrogen (secondary N) is 1. The van der Waals surface area contributed by atoms with Crippen molar-refractivity contribution in [3.8, 4) is 0 Å². The third-order valence-corrected chi connectivity index (χ3v) is 4.54. The Hall–Kier alpha value is -0.950. The summed E-state index contributed by atoms with van der Waals surface area (Å²) < 4.78 is 5.87. The number of hydrogen-bond donors (Lipinski definition) is 3. The second-order valence-corrected chi connectivity index (χ2v) is 7.76. The predicted octanol–water partition coefficient (Wildman–Crippen LogP) is 3.23. The first-order valence-electron chi connectivity index (χ1n) is 7.66. The zero-order valence-electron chi connectivity index (χ0n) is 14.2. The molecule has 0 amide bonds. The van der Waals surface area contributed by atoms with Gasteiger partial charge in [-0.15, -0.1) is 0 Å². The van der Waals surface area contributed by atoms with Gasteiger partial charge in [0.25, 0.3) is 0 Å². The van der Waals surface area contributed by atoms with E-state index in [0.29, 0.717) is 6.42 Å². The van der Waals surface area contributed by atoms with Crippen LogP contribution in [0.2, 0.25) is 0 Å². The van der Waals surface area contributed by atoms with Gasteiger partial charge in [0.1, 0.15) is 5.57 Å². The summed E-state index contributed by atoms with van der Waals surface area (Å²) in [6.07, 6.45) is 1.03. The number of carboxylic acid groups (broad SMARTS) is 1. The first kappa shape index (κ1) is 21.1. The number of aliphatic hydroxyl groups is 1. The van der Waals surface area contributed by atoms with Crippen molar-refractivity contribution in [1.29, 1.82) is 5.41 Å². The van der Waals surface area contributed by atoms with Crippen molar-refractivity contribution in [2.75, 3.05) is 0 Å². The second-order valence-electron chi connectivity index (χ2n) is 6.84. The molecule has 6 nitrogen and oxygen atoms in total. The Morgan fingerprint density at radius 1 is 1.38 bits per heavy atom. The predicted molar refractivity (Wildman–Crippen MR) is 91.8 cm³/mol.